The third-order valence-corrected chi connectivity index (χ3v) is 4.70. The van der Waals surface area contributed by atoms with Crippen molar-refractivity contribution in [2.24, 2.45) is 0 Å². The van der Waals surface area contributed by atoms with Gasteiger partial charge in [-0.05, 0) is 51.3 Å². The van der Waals surface area contributed by atoms with Gasteiger partial charge in [0, 0.05) is 11.4 Å². The minimum Gasteiger partial charge on any atom is -0.489 e. The van der Waals surface area contributed by atoms with E-state index in [1.165, 1.54) is 5.56 Å². The van der Waals surface area contributed by atoms with Crippen LogP contribution >= 0.6 is 31.9 Å². The molecule has 0 fully saturated rings. The number of hydrogen-bond donors (Lipinski definition) is 0. The van der Waals surface area contributed by atoms with Gasteiger partial charge in [-0.15, -0.1) is 0 Å². The Morgan fingerprint density at radius 2 is 1.54 bits per heavy atom. The summed E-state index contributed by atoms with van der Waals surface area (Å²) in [6.45, 7) is 0.536. The molecular formula is C20H16Br2O2. The molecular weight excluding hydrogens is 432 g/mol. The van der Waals surface area contributed by atoms with Crippen molar-refractivity contribution in [3.05, 3.63) is 88.4 Å². The van der Waals surface area contributed by atoms with Gasteiger partial charge in [0.2, 0.25) is 0 Å². The molecule has 2 nitrogen and oxygen atoms in total. The zero-order valence-corrected chi connectivity index (χ0v) is 16.1. The molecule has 0 amide bonds. The summed E-state index contributed by atoms with van der Waals surface area (Å²) >= 11 is 7.00. The van der Waals surface area contributed by atoms with Crippen LogP contribution in [0, 0.1) is 0 Å². The zero-order chi connectivity index (χ0) is 16.8. The lowest BCUT2D eigenvalue weighted by Crippen LogP contribution is -1.95. The average Bonchev–Trinajstić information content (AvgIpc) is 2.63. The summed E-state index contributed by atoms with van der Waals surface area (Å²) in [7, 11) is 0. The Morgan fingerprint density at radius 3 is 2.29 bits per heavy atom. The van der Waals surface area contributed by atoms with Gasteiger partial charge < -0.3 is 9.47 Å². The Kier molecular flexibility index (Phi) is 5.94. The lowest BCUT2D eigenvalue weighted by atomic mass is 10.2. The molecule has 0 spiro atoms. The highest BCUT2D eigenvalue weighted by Gasteiger charge is 2.05. The van der Waals surface area contributed by atoms with E-state index in [1.54, 1.807) is 0 Å². The number of alkyl halides is 1. The molecule has 24 heavy (non-hydrogen) atoms. The van der Waals surface area contributed by atoms with E-state index in [1.807, 2.05) is 72.8 Å². The Bertz CT molecular complexity index is 804. The second kappa shape index (κ2) is 8.36. The van der Waals surface area contributed by atoms with Crippen molar-refractivity contribution in [3.63, 3.8) is 0 Å². The van der Waals surface area contributed by atoms with E-state index in [9.17, 15) is 0 Å². The van der Waals surface area contributed by atoms with Crippen LogP contribution in [0.4, 0.5) is 0 Å². The third-order valence-electron chi connectivity index (χ3n) is 3.43. The molecule has 0 bridgehead atoms. The Balaban J connectivity index is 1.69. The van der Waals surface area contributed by atoms with Gasteiger partial charge in [0.25, 0.3) is 0 Å². The molecule has 0 aliphatic heterocycles. The van der Waals surface area contributed by atoms with Gasteiger partial charge in [-0.1, -0.05) is 58.4 Å². The van der Waals surface area contributed by atoms with E-state index in [0.29, 0.717) is 6.61 Å². The fraction of sp³-hybridized carbons (Fsp3) is 0.100. The van der Waals surface area contributed by atoms with Crippen LogP contribution in [0.15, 0.2) is 77.3 Å². The molecule has 0 aliphatic rings. The van der Waals surface area contributed by atoms with Crippen molar-refractivity contribution in [2.75, 3.05) is 0 Å². The van der Waals surface area contributed by atoms with Crippen molar-refractivity contribution in [1.82, 2.24) is 0 Å². The minimum absolute atomic E-state index is 0.536. The second-order valence-corrected chi connectivity index (χ2v) is 6.66. The first-order chi connectivity index (χ1) is 11.7. The standard InChI is InChI=1S/C20H16Br2O2/c21-13-16-9-10-20(19(22)11-16)24-18-8-4-7-17(12-18)23-14-15-5-2-1-3-6-15/h1-12H,13-14H2. The van der Waals surface area contributed by atoms with Gasteiger partial charge in [0.15, 0.2) is 0 Å². The quantitative estimate of drug-likeness (QED) is 0.390. The van der Waals surface area contributed by atoms with Crippen LogP contribution in [-0.4, -0.2) is 0 Å². The molecule has 0 radical (unpaired) electrons. The minimum atomic E-state index is 0.536. The maximum atomic E-state index is 5.96. The highest BCUT2D eigenvalue weighted by atomic mass is 79.9. The summed E-state index contributed by atoms with van der Waals surface area (Å²) in [5.41, 5.74) is 2.33. The van der Waals surface area contributed by atoms with Crippen molar-refractivity contribution in [1.29, 1.82) is 0 Å². The molecule has 0 aromatic heterocycles. The molecule has 4 heteroatoms. The summed E-state index contributed by atoms with van der Waals surface area (Å²) in [5.74, 6) is 2.30. The fourth-order valence-corrected chi connectivity index (χ4v) is 3.06. The van der Waals surface area contributed by atoms with Crippen LogP contribution in [0.1, 0.15) is 11.1 Å². The SMILES string of the molecule is BrCc1ccc(Oc2cccc(OCc3ccccc3)c2)c(Br)c1. The van der Waals surface area contributed by atoms with Gasteiger partial charge in [-0.3, -0.25) is 0 Å². The first-order valence-electron chi connectivity index (χ1n) is 7.53. The van der Waals surface area contributed by atoms with Crippen LogP contribution in [0.2, 0.25) is 0 Å². The lowest BCUT2D eigenvalue weighted by molar-refractivity contribution is 0.304. The van der Waals surface area contributed by atoms with Crippen molar-refractivity contribution >= 4 is 31.9 Å². The molecule has 0 atom stereocenters. The summed E-state index contributed by atoms with van der Waals surface area (Å²) in [5, 5.41) is 0.814. The highest BCUT2D eigenvalue weighted by Crippen LogP contribution is 2.32. The number of benzene rings is 3. The largest absolute Gasteiger partial charge is 0.489 e. The maximum Gasteiger partial charge on any atom is 0.141 e. The fourth-order valence-electron chi connectivity index (χ4n) is 2.21. The van der Waals surface area contributed by atoms with E-state index in [-0.39, 0.29) is 0 Å². The average molecular weight is 448 g/mol. The molecule has 0 unspecified atom stereocenters. The highest BCUT2D eigenvalue weighted by molar-refractivity contribution is 9.10. The van der Waals surface area contributed by atoms with Crippen LogP contribution in [-0.2, 0) is 11.9 Å². The van der Waals surface area contributed by atoms with E-state index in [4.69, 9.17) is 9.47 Å². The van der Waals surface area contributed by atoms with Crippen LogP contribution < -0.4 is 9.47 Å². The normalized spacial score (nSPS) is 10.4. The predicted octanol–water partition coefficient (Wildman–Crippen LogP) is 6.72. The monoisotopic (exact) mass is 446 g/mol. The molecule has 0 heterocycles. The number of rotatable bonds is 6. The molecule has 0 N–H and O–H groups in total. The number of ether oxygens (including phenoxy) is 2. The number of halogens is 2. The summed E-state index contributed by atoms with van der Waals surface area (Å²) in [4.78, 5) is 0. The predicted molar refractivity (Wildman–Crippen MR) is 104 cm³/mol. The van der Waals surface area contributed by atoms with E-state index < -0.39 is 0 Å². The molecule has 3 aromatic rings. The Hall–Kier alpha value is -1.78. The first-order valence-corrected chi connectivity index (χ1v) is 9.45. The maximum absolute atomic E-state index is 5.96. The van der Waals surface area contributed by atoms with Gasteiger partial charge in [-0.25, -0.2) is 0 Å². The first kappa shape index (κ1) is 17.1. The molecule has 0 saturated carbocycles. The molecule has 3 rings (SSSR count). The lowest BCUT2D eigenvalue weighted by Gasteiger charge is -2.11. The molecule has 122 valence electrons. The van der Waals surface area contributed by atoms with Crippen molar-refractivity contribution in [3.8, 4) is 17.2 Å². The van der Waals surface area contributed by atoms with E-state index >= 15 is 0 Å². The van der Waals surface area contributed by atoms with Gasteiger partial charge >= 0.3 is 0 Å². The van der Waals surface area contributed by atoms with E-state index in [2.05, 4.69) is 31.9 Å². The third kappa shape index (κ3) is 4.62. The second-order valence-electron chi connectivity index (χ2n) is 5.25. The van der Waals surface area contributed by atoms with Crippen LogP contribution in [0.25, 0.3) is 0 Å². The Morgan fingerprint density at radius 1 is 0.750 bits per heavy atom. The van der Waals surface area contributed by atoms with Gasteiger partial charge in [0.1, 0.15) is 23.9 Å². The molecule has 0 aliphatic carbocycles. The number of hydrogen-bond acceptors (Lipinski definition) is 2. The van der Waals surface area contributed by atoms with Crippen molar-refractivity contribution in [2.45, 2.75) is 11.9 Å². The van der Waals surface area contributed by atoms with Gasteiger partial charge in [-0.2, -0.15) is 0 Å². The zero-order valence-electron chi connectivity index (χ0n) is 12.9. The van der Waals surface area contributed by atoms with E-state index in [0.717, 1.165) is 32.6 Å². The summed E-state index contributed by atoms with van der Waals surface area (Å²) in [6.07, 6.45) is 0. The topological polar surface area (TPSA) is 18.5 Å². The summed E-state index contributed by atoms with van der Waals surface area (Å²) < 4.78 is 12.7. The molecule has 0 saturated heterocycles. The summed E-state index contributed by atoms with van der Waals surface area (Å²) in [6, 6.07) is 23.8. The van der Waals surface area contributed by atoms with Crippen LogP contribution in [0.3, 0.4) is 0 Å². The Labute approximate surface area is 158 Å². The van der Waals surface area contributed by atoms with Gasteiger partial charge in [0.05, 0.1) is 4.47 Å². The van der Waals surface area contributed by atoms with Crippen molar-refractivity contribution < 1.29 is 9.47 Å². The van der Waals surface area contributed by atoms with Crippen LogP contribution in [0.5, 0.6) is 17.2 Å². The smallest absolute Gasteiger partial charge is 0.141 e. The molecule has 3 aromatic carbocycles.